The minimum Gasteiger partial charge on any atom is -0.489 e. The Balaban J connectivity index is 1.94. The molecule has 0 bridgehead atoms. The van der Waals surface area contributed by atoms with Crippen LogP contribution in [0.15, 0.2) is 48.3 Å². The topological polar surface area (TPSA) is 15.7 Å². The van der Waals surface area contributed by atoms with Gasteiger partial charge in [0.15, 0.2) is 0 Å². The smallest absolute Gasteiger partial charge is 0.145 e. The summed E-state index contributed by atoms with van der Waals surface area (Å²) in [6.45, 7) is 19.1. The molecule has 0 aromatic heterocycles. The zero-order valence-electron chi connectivity index (χ0n) is 22.3. The summed E-state index contributed by atoms with van der Waals surface area (Å²) in [5, 5.41) is 0.634. The quantitative estimate of drug-likeness (QED) is 0.359. The average Bonchev–Trinajstić information content (AvgIpc) is 3.11. The molecule has 4 heteroatoms. The van der Waals surface area contributed by atoms with Gasteiger partial charge in [0.1, 0.15) is 11.6 Å². The molecule has 1 saturated heterocycles. The number of halogens is 1. The fraction of sp³-hybridized carbons (Fsp3) is 0.355. The zero-order chi connectivity index (χ0) is 25.4. The van der Waals surface area contributed by atoms with Crippen LogP contribution < -0.4 is 14.5 Å². The molecule has 0 N–H and O–H groups in total. The number of hydrogen-bond acceptors (Lipinski definition) is 3. The van der Waals surface area contributed by atoms with Crippen LogP contribution in [0.4, 0.5) is 11.4 Å². The molecule has 0 radical (unpaired) electrons. The van der Waals surface area contributed by atoms with Crippen molar-refractivity contribution in [1.82, 2.24) is 0 Å². The Morgan fingerprint density at radius 2 is 1.23 bits per heavy atom. The Morgan fingerprint density at radius 3 is 1.66 bits per heavy atom. The molecule has 1 aliphatic rings. The molecule has 0 saturated carbocycles. The number of para-hydroxylation sites is 1. The highest BCUT2D eigenvalue weighted by Crippen LogP contribution is 2.40. The molecule has 1 aliphatic heterocycles. The molecule has 0 spiro atoms. The van der Waals surface area contributed by atoms with E-state index in [9.17, 15) is 0 Å². The first kappa shape index (κ1) is 25.2. The SMILES string of the molecule is Cc1cc(C)c(N2CCN(c3c(C)cc(C)cc3C)C2=Cc2cccc(Cl)c2OC(C)C)c(C)c1. The number of ether oxygens (including phenoxy) is 1. The highest BCUT2D eigenvalue weighted by molar-refractivity contribution is 6.32. The Morgan fingerprint density at radius 1 is 0.771 bits per heavy atom. The molecule has 0 unspecified atom stereocenters. The molecule has 0 aliphatic carbocycles. The van der Waals surface area contributed by atoms with Crippen LogP contribution >= 0.6 is 11.6 Å². The molecule has 0 atom stereocenters. The number of aryl methyl sites for hydroxylation is 6. The molecule has 35 heavy (non-hydrogen) atoms. The van der Waals surface area contributed by atoms with Crippen molar-refractivity contribution in [2.24, 2.45) is 0 Å². The lowest BCUT2D eigenvalue weighted by Gasteiger charge is -2.30. The van der Waals surface area contributed by atoms with Gasteiger partial charge in [-0.15, -0.1) is 0 Å². The van der Waals surface area contributed by atoms with Gasteiger partial charge in [-0.3, -0.25) is 0 Å². The molecule has 1 fully saturated rings. The van der Waals surface area contributed by atoms with Crippen molar-refractivity contribution in [2.45, 2.75) is 61.5 Å². The van der Waals surface area contributed by atoms with E-state index in [1.54, 1.807) is 0 Å². The Hall–Kier alpha value is -2.91. The van der Waals surface area contributed by atoms with Crippen LogP contribution in [-0.2, 0) is 0 Å². The minimum atomic E-state index is 0.0333. The van der Waals surface area contributed by atoms with Crippen molar-refractivity contribution >= 4 is 29.1 Å². The standard InChI is InChI=1S/C31H37ClN2O/c1-19(2)35-31-26(10-9-11-27(31)32)18-28-33(29-22(5)14-20(3)15-23(29)6)12-13-34(28)30-24(7)16-21(4)17-25(30)8/h9-11,14-19H,12-13H2,1-8H3. The monoisotopic (exact) mass is 488 g/mol. The molecule has 1 heterocycles. The molecule has 3 aromatic carbocycles. The molecule has 0 amide bonds. The summed E-state index contributed by atoms with van der Waals surface area (Å²) in [6.07, 6.45) is 2.28. The molecular weight excluding hydrogens is 452 g/mol. The van der Waals surface area contributed by atoms with E-state index in [0.29, 0.717) is 5.02 Å². The summed E-state index contributed by atoms with van der Waals surface area (Å²) in [7, 11) is 0. The van der Waals surface area contributed by atoms with Crippen LogP contribution in [0, 0.1) is 41.5 Å². The molecule has 3 nitrogen and oxygen atoms in total. The maximum atomic E-state index is 6.62. The van der Waals surface area contributed by atoms with E-state index < -0.39 is 0 Å². The van der Waals surface area contributed by atoms with E-state index in [0.717, 1.165) is 30.2 Å². The lowest BCUT2D eigenvalue weighted by Crippen LogP contribution is -2.25. The lowest BCUT2D eigenvalue weighted by atomic mass is 10.0. The van der Waals surface area contributed by atoms with E-state index >= 15 is 0 Å². The second-order valence-electron chi connectivity index (χ2n) is 10.1. The fourth-order valence-electron chi connectivity index (χ4n) is 5.52. The van der Waals surface area contributed by atoms with Crippen LogP contribution in [0.5, 0.6) is 5.75 Å². The second kappa shape index (κ2) is 9.99. The van der Waals surface area contributed by atoms with E-state index in [1.807, 2.05) is 26.0 Å². The highest BCUT2D eigenvalue weighted by atomic mass is 35.5. The van der Waals surface area contributed by atoms with Gasteiger partial charge in [-0.25, -0.2) is 0 Å². The van der Waals surface area contributed by atoms with E-state index in [4.69, 9.17) is 16.3 Å². The zero-order valence-corrected chi connectivity index (χ0v) is 23.0. The number of nitrogens with zero attached hydrogens (tertiary/aromatic N) is 2. The lowest BCUT2D eigenvalue weighted by molar-refractivity contribution is 0.242. The summed E-state index contributed by atoms with van der Waals surface area (Å²) < 4.78 is 6.18. The normalized spacial score (nSPS) is 13.7. The van der Waals surface area contributed by atoms with Gasteiger partial charge in [-0.2, -0.15) is 0 Å². The summed E-state index contributed by atoms with van der Waals surface area (Å²) in [6, 6.07) is 15.1. The van der Waals surface area contributed by atoms with Gasteiger partial charge in [0, 0.05) is 30.0 Å². The van der Waals surface area contributed by atoms with Gasteiger partial charge in [-0.1, -0.05) is 59.1 Å². The second-order valence-corrected chi connectivity index (χ2v) is 10.5. The van der Waals surface area contributed by atoms with Crippen LogP contribution in [0.2, 0.25) is 5.02 Å². The third kappa shape index (κ3) is 5.06. The number of benzene rings is 3. The van der Waals surface area contributed by atoms with E-state index in [1.165, 1.54) is 44.8 Å². The van der Waals surface area contributed by atoms with Crippen molar-refractivity contribution < 1.29 is 4.74 Å². The van der Waals surface area contributed by atoms with Crippen LogP contribution in [0.1, 0.15) is 52.8 Å². The molecule has 4 rings (SSSR count). The van der Waals surface area contributed by atoms with Crippen LogP contribution in [-0.4, -0.2) is 19.2 Å². The predicted molar refractivity (Wildman–Crippen MR) is 151 cm³/mol. The Kier molecular flexibility index (Phi) is 7.19. The number of anilines is 2. The minimum absolute atomic E-state index is 0.0333. The van der Waals surface area contributed by atoms with Crippen molar-refractivity contribution in [3.8, 4) is 5.75 Å². The third-order valence-corrected chi connectivity index (χ3v) is 6.84. The first-order valence-corrected chi connectivity index (χ1v) is 12.8. The Labute approximate surface area is 216 Å². The van der Waals surface area contributed by atoms with Gasteiger partial charge >= 0.3 is 0 Å². The summed E-state index contributed by atoms with van der Waals surface area (Å²) in [4.78, 5) is 4.92. The summed E-state index contributed by atoms with van der Waals surface area (Å²) in [5.41, 5.74) is 11.3. The van der Waals surface area contributed by atoms with Crippen molar-refractivity contribution in [2.75, 3.05) is 22.9 Å². The summed E-state index contributed by atoms with van der Waals surface area (Å²) >= 11 is 6.62. The van der Waals surface area contributed by atoms with Crippen molar-refractivity contribution in [3.63, 3.8) is 0 Å². The van der Waals surface area contributed by atoms with Gasteiger partial charge in [-0.05, 0) is 89.8 Å². The van der Waals surface area contributed by atoms with E-state index in [-0.39, 0.29) is 6.10 Å². The van der Waals surface area contributed by atoms with Crippen molar-refractivity contribution in [3.05, 3.63) is 92.3 Å². The average molecular weight is 489 g/mol. The molecular formula is C31H37ClN2O. The van der Waals surface area contributed by atoms with Gasteiger partial charge in [0.2, 0.25) is 0 Å². The first-order chi connectivity index (χ1) is 16.6. The fourth-order valence-corrected chi connectivity index (χ4v) is 5.74. The maximum Gasteiger partial charge on any atom is 0.145 e. The van der Waals surface area contributed by atoms with E-state index in [2.05, 4.69) is 87.8 Å². The highest BCUT2D eigenvalue weighted by Gasteiger charge is 2.31. The number of hydrogen-bond donors (Lipinski definition) is 0. The van der Waals surface area contributed by atoms with Crippen LogP contribution in [0.25, 0.3) is 6.08 Å². The van der Waals surface area contributed by atoms with Crippen molar-refractivity contribution in [1.29, 1.82) is 0 Å². The Bertz CT molecular complexity index is 1180. The van der Waals surface area contributed by atoms with Gasteiger partial charge in [0.25, 0.3) is 0 Å². The van der Waals surface area contributed by atoms with Crippen LogP contribution in [0.3, 0.4) is 0 Å². The molecule has 3 aromatic rings. The predicted octanol–water partition coefficient (Wildman–Crippen LogP) is 8.30. The first-order valence-electron chi connectivity index (χ1n) is 12.4. The summed E-state index contributed by atoms with van der Waals surface area (Å²) in [5.74, 6) is 1.88. The molecule has 184 valence electrons. The maximum absolute atomic E-state index is 6.62. The number of rotatable bonds is 5. The van der Waals surface area contributed by atoms with Gasteiger partial charge in [0.05, 0.1) is 11.1 Å². The third-order valence-electron chi connectivity index (χ3n) is 6.55. The van der Waals surface area contributed by atoms with Gasteiger partial charge < -0.3 is 14.5 Å². The largest absolute Gasteiger partial charge is 0.489 e.